The lowest BCUT2D eigenvalue weighted by Crippen LogP contribution is -2.38. The van der Waals surface area contributed by atoms with Gasteiger partial charge in [-0.15, -0.1) is 0 Å². The number of carboxylic acid groups (broad SMARTS) is 1. The summed E-state index contributed by atoms with van der Waals surface area (Å²) in [5.74, 6) is -0.511. The number of carbonyl (C=O) groups is 2. The molecule has 0 aromatic carbocycles. The molecule has 0 saturated heterocycles. The Hall–Kier alpha value is -1.85. The second kappa shape index (κ2) is 6.18. The van der Waals surface area contributed by atoms with Crippen molar-refractivity contribution in [3.05, 3.63) is 17.5 Å². The minimum atomic E-state index is -0.858. The van der Waals surface area contributed by atoms with E-state index in [1.807, 2.05) is 13.8 Å². The zero-order valence-corrected chi connectivity index (χ0v) is 10.8. The van der Waals surface area contributed by atoms with Crippen LogP contribution < -0.4 is 0 Å². The van der Waals surface area contributed by atoms with E-state index in [1.54, 1.807) is 17.9 Å². The summed E-state index contributed by atoms with van der Waals surface area (Å²) >= 11 is 0. The van der Waals surface area contributed by atoms with Gasteiger partial charge >= 0.3 is 5.97 Å². The average Bonchev–Trinajstić information content (AvgIpc) is 2.69. The molecule has 0 bridgehead atoms. The van der Waals surface area contributed by atoms with Gasteiger partial charge in [0.25, 0.3) is 5.91 Å². The van der Waals surface area contributed by atoms with E-state index in [0.717, 1.165) is 0 Å². The summed E-state index contributed by atoms with van der Waals surface area (Å²) in [5, 5.41) is 12.3. The predicted molar refractivity (Wildman–Crippen MR) is 64.3 cm³/mol. The van der Waals surface area contributed by atoms with E-state index in [1.165, 1.54) is 0 Å². The fourth-order valence-electron chi connectivity index (χ4n) is 1.61. The lowest BCUT2D eigenvalue weighted by Gasteiger charge is -2.25. The van der Waals surface area contributed by atoms with Crippen molar-refractivity contribution in [2.75, 3.05) is 6.54 Å². The quantitative estimate of drug-likeness (QED) is 0.835. The van der Waals surface area contributed by atoms with Gasteiger partial charge in [0.05, 0.1) is 0 Å². The molecule has 0 aliphatic rings. The molecule has 6 heteroatoms. The van der Waals surface area contributed by atoms with Crippen LogP contribution in [-0.2, 0) is 4.79 Å². The minimum Gasteiger partial charge on any atom is -0.481 e. The molecule has 0 radical (unpaired) electrons. The highest BCUT2D eigenvalue weighted by atomic mass is 16.5. The number of aromatic nitrogens is 1. The Bertz CT molecular complexity index is 425. The highest BCUT2D eigenvalue weighted by molar-refractivity contribution is 5.92. The molecule has 100 valence electrons. The van der Waals surface area contributed by atoms with E-state index in [4.69, 9.17) is 9.63 Å². The Kier molecular flexibility index (Phi) is 4.88. The highest BCUT2D eigenvalue weighted by Gasteiger charge is 2.21. The molecule has 0 saturated carbocycles. The van der Waals surface area contributed by atoms with Gasteiger partial charge in [-0.2, -0.15) is 0 Å². The molecule has 1 rings (SSSR count). The first-order valence-corrected chi connectivity index (χ1v) is 5.88. The first-order valence-electron chi connectivity index (χ1n) is 5.88. The molecule has 1 N–H and O–H groups in total. The van der Waals surface area contributed by atoms with Crippen molar-refractivity contribution in [1.82, 2.24) is 10.1 Å². The number of hydrogen-bond acceptors (Lipinski definition) is 4. The molecular formula is C12H18N2O4. The van der Waals surface area contributed by atoms with Gasteiger partial charge in [-0.1, -0.05) is 5.16 Å². The smallest absolute Gasteiger partial charge is 0.303 e. The third-order valence-electron chi connectivity index (χ3n) is 2.52. The van der Waals surface area contributed by atoms with Crippen molar-refractivity contribution in [3.8, 4) is 0 Å². The minimum absolute atomic E-state index is 0.0108. The maximum atomic E-state index is 12.1. The highest BCUT2D eigenvalue weighted by Crippen LogP contribution is 2.10. The van der Waals surface area contributed by atoms with Crippen molar-refractivity contribution >= 4 is 11.9 Å². The van der Waals surface area contributed by atoms with Crippen LogP contribution in [0.3, 0.4) is 0 Å². The average molecular weight is 254 g/mol. The summed E-state index contributed by atoms with van der Waals surface area (Å²) in [6, 6.07) is 1.57. The number of carbonyl (C=O) groups excluding carboxylic acids is 1. The molecule has 0 unspecified atom stereocenters. The van der Waals surface area contributed by atoms with Gasteiger partial charge in [-0.25, -0.2) is 0 Å². The van der Waals surface area contributed by atoms with E-state index < -0.39 is 5.97 Å². The summed E-state index contributed by atoms with van der Waals surface area (Å²) in [6.45, 7) is 5.87. The number of nitrogens with zero attached hydrogens (tertiary/aromatic N) is 2. The molecule has 18 heavy (non-hydrogen) atoms. The Labute approximate surface area is 106 Å². The molecule has 6 nitrogen and oxygen atoms in total. The van der Waals surface area contributed by atoms with Crippen molar-refractivity contribution in [3.63, 3.8) is 0 Å². The first kappa shape index (κ1) is 14.2. The summed E-state index contributed by atoms with van der Waals surface area (Å²) in [6.07, 6.45) is 0.477. The van der Waals surface area contributed by atoms with E-state index in [-0.39, 0.29) is 24.1 Å². The van der Waals surface area contributed by atoms with Gasteiger partial charge in [0.1, 0.15) is 5.76 Å². The van der Waals surface area contributed by atoms with Crippen molar-refractivity contribution < 1.29 is 19.2 Å². The number of carboxylic acids is 1. The third-order valence-corrected chi connectivity index (χ3v) is 2.52. The second-order valence-corrected chi connectivity index (χ2v) is 4.41. The van der Waals surface area contributed by atoms with Gasteiger partial charge in [0, 0.05) is 25.1 Å². The molecule has 0 spiro atoms. The lowest BCUT2D eigenvalue weighted by molar-refractivity contribution is -0.137. The largest absolute Gasteiger partial charge is 0.481 e. The topological polar surface area (TPSA) is 83.6 Å². The number of amides is 1. The standard InChI is InChI=1S/C12H18N2O4/c1-8(2)14(6-4-5-11(15)16)12(17)10-7-9(3)18-13-10/h7-8H,4-6H2,1-3H3,(H,15,16). The molecule has 0 aliphatic carbocycles. The molecule has 1 aromatic heterocycles. The van der Waals surface area contributed by atoms with Crippen molar-refractivity contribution in [2.45, 2.75) is 39.7 Å². The second-order valence-electron chi connectivity index (χ2n) is 4.41. The summed E-state index contributed by atoms with van der Waals surface area (Å²) in [5.41, 5.74) is 0.261. The first-order chi connectivity index (χ1) is 8.41. The van der Waals surface area contributed by atoms with E-state index in [9.17, 15) is 9.59 Å². The zero-order chi connectivity index (χ0) is 13.7. The summed E-state index contributed by atoms with van der Waals surface area (Å²) in [4.78, 5) is 24.2. The van der Waals surface area contributed by atoms with Crippen LogP contribution in [0.2, 0.25) is 0 Å². The van der Waals surface area contributed by atoms with Crippen LogP contribution in [0.4, 0.5) is 0 Å². The van der Waals surface area contributed by atoms with Gasteiger partial charge in [-0.05, 0) is 27.2 Å². The van der Waals surface area contributed by atoms with E-state index in [0.29, 0.717) is 18.7 Å². The number of rotatable bonds is 6. The van der Waals surface area contributed by atoms with Crippen LogP contribution in [0, 0.1) is 6.92 Å². The molecule has 0 fully saturated rings. The molecule has 1 heterocycles. The third kappa shape index (κ3) is 3.87. The Balaban J connectivity index is 2.67. The van der Waals surface area contributed by atoms with Crippen LogP contribution >= 0.6 is 0 Å². The molecule has 0 atom stereocenters. The predicted octanol–water partition coefficient (Wildman–Crippen LogP) is 1.70. The van der Waals surface area contributed by atoms with Gasteiger partial charge in [-0.3, -0.25) is 9.59 Å². The Morgan fingerprint density at radius 1 is 1.50 bits per heavy atom. The van der Waals surface area contributed by atoms with Crippen molar-refractivity contribution in [2.24, 2.45) is 0 Å². The molecular weight excluding hydrogens is 236 g/mol. The van der Waals surface area contributed by atoms with Crippen LogP contribution in [0.25, 0.3) is 0 Å². The van der Waals surface area contributed by atoms with Crippen LogP contribution in [-0.4, -0.2) is 39.6 Å². The fourth-order valence-corrected chi connectivity index (χ4v) is 1.61. The lowest BCUT2D eigenvalue weighted by atomic mass is 10.2. The SMILES string of the molecule is Cc1cc(C(=O)N(CCCC(=O)O)C(C)C)no1. The summed E-state index contributed by atoms with van der Waals surface area (Å²) in [7, 11) is 0. The van der Waals surface area contributed by atoms with E-state index in [2.05, 4.69) is 5.16 Å². The number of aliphatic carboxylic acids is 1. The number of aryl methyl sites for hydroxylation is 1. The monoisotopic (exact) mass is 254 g/mol. The van der Waals surface area contributed by atoms with Crippen LogP contribution in [0.1, 0.15) is 42.9 Å². The van der Waals surface area contributed by atoms with E-state index >= 15 is 0 Å². The van der Waals surface area contributed by atoms with Crippen molar-refractivity contribution in [1.29, 1.82) is 0 Å². The fraction of sp³-hybridized carbons (Fsp3) is 0.583. The van der Waals surface area contributed by atoms with Gasteiger partial charge < -0.3 is 14.5 Å². The van der Waals surface area contributed by atoms with Gasteiger partial charge in [0.15, 0.2) is 5.69 Å². The molecule has 1 aromatic rings. The Morgan fingerprint density at radius 2 is 2.17 bits per heavy atom. The maximum Gasteiger partial charge on any atom is 0.303 e. The molecule has 1 amide bonds. The van der Waals surface area contributed by atoms with Crippen LogP contribution in [0.5, 0.6) is 0 Å². The maximum absolute atomic E-state index is 12.1. The normalized spacial score (nSPS) is 10.7. The molecule has 0 aliphatic heterocycles. The van der Waals surface area contributed by atoms with Crippen LogP contribution in [0.15, 0.2) is 10.6 Å². The Morgan fingerprint density at radius 3 is 2.61 bits per heavy atom. The summed E-state index contributed by atoms with van der Waals surface area (Å²) < 4.78 is 4.87. The zero-order valence-electron chi connectivity index (χ0n) is 10.8. The van der Waals surface area contributed by atoms with Gasteiger partial charge in [0.2, 0.25) is 0 Å². The number of hydrogen-bond donors (Lipinski definition) is 1.